The monoisotopic (exact) mass is 453 g/mol. The Bertz CT molecular complexity index is 1050. The van der Waals surface area contributed by atoms with Crippen LogP contribution in [0.4, 0.5) is 11.4 Å². The van der Waals surface area contributed by atoms with Crippen molar-refractivity contribution in [2.45, 2.75) is 58.2 Å². The van der Waals surface area contributed by atoms with Gasteiger partial charge in [-0.2, -0.15) is 0 Å². The minimum absolute atomic E-state index is 0.370. The van der Waals surface area contributed by atoms with Crippen molar-refractivity contribution in [2.75, 3.05) is 10.2 Å². The summed E-state index contributed by atoms with van der Waals surface area (Å²) < 4.78 is 5.41. The number of imide groups is 1. The van der Waals surface area contributed by atoms with E-state index in [1.807, 2.05) is 12.2 Å². The van der Waals surface area contributed by atoms with Gasteiger partial charge in [-0.05, 0) is 52.7 Å². The summed E-state index contributed by atoms with van der Waals surface area (Å²) in [6, 6.07) is 5.70. The summed E-state index contributed by atoms with van der Waals surface area (Å²) in [4.78, 5) is 66.6. The number of carbonyl (C=O) groups excluding carboxylic acids is 5. The molecule has 0 unspecified atom stereocenters. The number of hydrogen-bond donors (Lipinski definition) is 1. The molecule has 0 radical (unpaired) electrons. The lowest BCUT2D eigenvalue weighted by Gasteiger charge is -2.42. The first kappa shape index (κ1) is 22.7. The number of rotatable bonds is 4. The zero-order valence-electron chi connectivity index (χ0n) is 19.0. The van der Waals surface area contributed by atoms with Crippen molar-refractivity contribution < 1.29 is 28.7 Å². The molecule has 0 aromatic heterocycles. The molecule has 3 aliphatic rings. The van der Waals surface area contributed by atoms with E-state index in [9.17, 15) is 24.0 Å². The normalized spacial score (nSPS) is 25.2. The van der Waals surface area contributed by atoms with Crippen molar-refractivity contribution in [1.82, 2.24) is 4.90 Å². The first-order valence-electron chi connectivity index (χ1n) is 11.0. The number of esters is 1. The van der Waals surface area contributed by atoms with Crippen molar-refractivity contribution in [3.63, 3.8) is 0 Å². The average Bonchev–Trinajstić information content (AvgIpc) is 3.03. The topological polar surface area (TPSA) is 113 Å². The molecule has 1 aromatic carbocycles. The highest BCUT2D eigenvalue weighted by Gasteiger charge is 2.51. The lowest BCUT2D eigenvalue weighted by atomic mass is 9.85. The molecular weight excluding hydrogens is 426 g/mol. The molecule has 4 rings (SSSR count). The second kappa shape index (κ2) is 8.13. The third-order valence-electron chi connectivity index (χ3n) is 6.64. The summed E-state index contributed by atoms with van der Waals surface area (Å²) >= 11 is 0. The van der Waals surface area contributed by atoms with Gasteiger partial charge in [-0.1, -0.05) is 24.3 Å². The predicted molar refractivity (Wildman–Crippen MR) is 119 cm³/mol. The molecule has 174 valence electrons. The zero-order chi connectivity index (χ0) is 24.1. The number of para-hydroxylation sites is 2. The molecule has 1 aliphatic carbocycles. The van der Waals surface area contributed by atoms with Crippen molar-refractivity contribution in [3.05, 3.63) is 36.4 Å². The fourth-order valence-corrected chi connectivity index (χ4v) is 4.66. The van der Waals surface area contributed by atoms with Gasteiger partial charge < -0.3 is 10.1 Å². The van der Waals surface area contributed by atoms with Gasteiger partial charge >= 0.3 is 5.97 Å². The number of allylic oxidation sites excluding steroid dienone is 2. The Morgan fingerprint density at radius 3 is 2.21 bits per heavy atom. The number of fused-ring (bicyclic) bond motifs is 2. The van der Waals surface area contributed by atoms with Crippen LogP contribution in [0.15, 0.2) is 36.4 Å². The molecule has 2 aliphatic heterocycles. The van der Waals surface area contributed by atoms with Crippen LogP contribution in [-0.2, 0) is 28.7 Å². The van der Waals surface area contributed by atoms with Crippen LogP contribution in [0.5, 0.6) is 0 Å². The fraction of sp³-hybridized carbons (Fsp3) is 0.458. The molecular formula is C24H27N3O6. The summed E-state index contributed by atoms with van der Waals surface area (Å²) in [5.74, 6) is -3.49. The van der Waals surface area contributed by atoms with E-state index in [1.54, 1.807) is 38.1 Å². The van der Waals surface area contributed by atoms with Crippen LogP contribution in [0.2, 0.25) is 0 Å². The molecule has 1 fully saturated rings. The highest BCUT2D eigenvalue weighted by Crippen LogP contribution is 2.38. The van der Waals surface area contributed by atoms with E-state index in [4.69, 9.17) is 4.74 Å². The van der Waals surface area contributed by atoms with Gasteiger partial charge in [0, 0.05) is 0 Å². The van der Waals surface area contributed by atoms with E-state index >= 15 is 0 Å². The van der Waals surface area contributed by atoms with Crippen molar-refractivity contribution in [1.29, 1.82) is 0 Å². The third-order valence-corrected chi connectivity index (χ3v) is 6.64. The maximum Gasteiger partial charge on any atom is 0.329 e. The number of nitrogens with one attached hydrogen (secondary N) is 1. The van der Waals surface area contributed by atoms with Gasteiger partial charge in [0.25, 0.3) is 5.91 Å². The second-order valence-corrected chi connectivity index (χ2v) is 9.16. The summed E-state index contributed by atoms with van der Waals surface area (Å²) in [5, 5.41) is 2.78. The minimum atomic E-state index is -1.24. The second-order valence-electron chi connectivity index (χ2n) is 9.16. The van der Waals surface area contributed by atoms with Crippen molar-refractivity contribution in [2.24, 2.45) is 11.8 Å². The molecule has 9 nitrogen and oxygen atoms in total. The number of ether oxygens (including phenoxy) is 1. The molecule has 2 heterocycles. The molecule has 1 aromatic rings. The Morgan fingerprint density at radius 2 is 1.61 bits per heavy atom. The van der Waals surface area contributed by atoms with Gasteiger partial charge in [-0.15, -0.1) is 0 Å². The molecule has 4 atom stereocenters. The van der Waals surface area contributed by atoms with Crippen LogP contribution >= 0.6 is 0 Å². The lowest BCUT2D eigenvalue weighted by Crippen LogP contribution is -2.60. The standard InChI is InChI=1S/C24H27N3O6/c1-13(26-20(29)15-9-5-6-10-16(15)21(26)30)22(31)33-14(2)19(28)27-18-12-8-7-11-17(18)25-23(32)24(27,3)4/h5-8,11-16H,9-10H2,1-4H3,(H,25,32)/t13-,14+,15-,16+/m1/s1. The molecule has 0 saturated carbocycles. The molecule has 1 saturated heterocycles. The zero-order valence-corrected chi connectivity index (χ0v) is 19.0. The molecule has 0 spiro atoms. The average molecular weight is 453 g/mol. The summed E-state index contributed by atoms with van der Waals surface area (Å²) in [6.45, 7) is 6.04. The van der Waals surface area contributed by atoms with E-state index in [-0.39, 0.29) is 17.7 Å². The molecule has 0 bridgehead atoms. The number of benzene rings is 1. The van der Waals surface area contributed by atoms with Crippen LogP contribution in [0.1, 0.15) is 40.5 Å². The number of hydrogen-bond acceptors (Lipinski definition) is 6. The van der Waals surface area contributed by atoms with Crippen LogP contribution in [0, 0.1) is 11.8 Å². The Labute approximate surface area is 191 Å². The summed E-state index contributed by atoms with van der Waals surface area (Å²) in [7, 11) is 0. The highest BCUT2D eigenvalue weighted by atomic mass is 16.5. The SMILES string of the molecule is C[C@H](OC(=O)[C@@H](C)N1C(=O)[C@H]2CC=CC[C@H]2C1=O)C(=O)N1c2ccccc2NC(=O)C1(C)C. The highest BCUT2D eigenvalue weighted by molar-refractivity contribution is 6.15. The van der Waals surface area contributed by atoms with Gasteiger partial charge in [0.1, 0.15) is 11.6 Å². The molecule has 1 N–H and O–H groups in total. The first-order valence-corrected chi connectivity index (χ1v) is 11.0. The Kier molecular flexibility index (Phi) is 5.59. The van der Waals surface area contributed by atoms with E-state index in [0.717, 1.165) is 4.90 Å². The number of carbonyl (C=O) groups is 5. The maximum atomic E-state index is 13.3. The number of amides is 4. The maximum absolute atomic E-state index is 13.3. The number of likely N-dealkylation sites (tertiary alicyclic amines) is 1. The van der Waals surface area contributed by atoms with Gasteiger partial charge in [0.2, 0.25) is 17.7 Å². The summed E-state index contributed by atoms with van der Waals surface area (Å²) in [5.41, 5.74) is -0.252. The quantitative estimate of drug-likeness (QED) is 0.424. The first-order chi connectivity index (χ1) is 15.6. The van der Waals surface area contributed by atoms with Crippen LogP contribution in [0.3, 0.4) is 0 Å². The van der Waals surface area contributed by atoms with E-state index in [0.29, 0.717) is 24.2 Å². The van der Waals surface area contributed by atoms with Gasteiger partial charge in [0.05, 0.1) is 23.2 Å². The Morgan fingerprint density at radius 1 is 1.03 bits per heavy atom. The smallest absolute Gasteiger partial charge is 0.329 e. The van der Waals surface area contributed by atoms with E-state index < -0.39 is 41.4 Å². The molecule has 4 amide bonds. The molecule has 33 heavy (non-hydrogen) atoms. The summed E-state index contributed by atoms with van der Waals surface area (Å²) in [6.07, 6.45) is 3.43. The molecule has 9 heteroatoms. The minimum Gasteiger partial charge on any atom is -0.451 e. The third kappa shape index (κ3) is 3.61. The Hall–Kier alpha value is -3.49. The van der Waals surface area contributed by atoms with E-state index in [1.165, 1.54) is 18.7 Å². The van der Waals surface area contributed by atoms with Crippen molar-refractivity contribution >= 4 is 41.0 Å². The van der Waals surface area contributed by atoms with Crippen LogP contribution in [-0.4, -0.2) is 52.2 Å². The van der Waals surface area contributed by atoms with Gasteiger partial charge in [-0.25, -0.2) is 4.79 Å². The number of anilines is 2. The largest absolute Gasteiger partial charge is 0.451 e. The predicted octanol–water partition coefficient (Wildman–Crippen LogP) is 2.02. The van der Waals surface area contributed by atoms with Gasteiger partial charge in [-0.3, -0.25) is 29.0 Å². The van der Waals surface area contributed by atoms with Crippen LogP contribution < -0.4 is 10.2 Å². The fourth-order valence-electron chi connectivity index (χ4n) is 4.66. The van der Waals surface area contributed by atoms with E-state index in [2.05, 4.69) is 5.32 Å². The van der Waals surface area contributed by atoms with Crippen LogP contribution in [0.25, 0.3) is 0 Å². The van der Waals surface area contributed by atoms with Crippen molar-refractivity contribution in [3.8, 4) is 0 Å². The van der Waals surface area contributed by atoms with Gasteiger partial charge in [0.15, 0.2) is 6.10 Å². The lowest BCUT2D eigenvalue weighted by molar-refractivity contribution is -0.163. The Balaban J connectivity index is 1.51. The number of nitrogens with zero attached hydrogens (tertiary/aromatic N) is 2.